The normalized spacial score (nSPS) is 35.8. The number of aliphatic imine (C=N–C) groups is 1. The third kappa shape index (κ3) is 1.60. The Morgan fingerprint density at radius 2 is 2.25 bits per heavy atom. The molecule has 1 saturated carbocycles. The standard InChI is InChI=1S/C14H22N4O2/c1-4-18-9(2)16-14(12(18)19)6-5-10-7-17(8-11(10)14)13(20)15-3/h10-11H,4-8H2,1-3H3,(H,15,20)/t10-,11+,14-/m1/s1. The van der Waals surface area contributed by atoms with Gasteiger partial charge in [0.25, 0.3) is 5.91 Å². The highest BCUT2D eigenvalue weighted by Gasteiger charge is 2.60. The summed E-state index contributed by atoms with van der Waals surface area (Å²) in [6.07, 6.45) is 1.81. The molecule has 0 unspecified atom stereocenters. The zero-order chi connectivity index (χ0) is 14.5. The van der Waals surface area contributed by atoms with E-state index in [0.717, 1.165) is 25.2 Å². The molecule has 1 saturated heterocycles. The lowest BCUT2D eigenvalue weighted by Crippen LogP contribution is -2.47. The number of amidine groups is 1. The van der Waals surface area contributed by atoms with Gasteiger partial charge in [0.15, 0.2) is 0 Å². The molecule has 20 heavy (non-hydrogen) atoms. The average Bonchev–Trinajstić information content (AvgIpc) is 3.05. The van der Waals surface area contributed by atoms with Crippen molar-refractivity contribution in [3.8, 4) is 0 Å². The molecule has 1 aliphatic carbocycles. The van der Waals surface area contributed by atoms with Crippen LogP contribution in [0, 0.1) is 11.8 Å². The molecule has 1 N–H and O–H groups in total. The van der Waals surface area contributed by atoms with Crippen LogP contribution in [0.3, 0.4) is 0 Å². The number of rotatable bonds is 1. The molecule has 6 heteroatoms. The van der Waals surface area contributed by atoms with Crippen molar-refractivity contribution in [3.05, 3.63) is 0 Å². The van der Waals surface area contributed by atoms with Crippen LogP contribution in [0.15, 0.2) is 4.99 Å². The summed E-state index contributed by atoms with van der Waals surface area (Å²) in [5.41, 5.74) is -0.590. The molecule has 2 fully saturated rings. The van der Waals surface area contributed by atoms with Gasteiger partial charge in [-0.1, -0.05) is 0 Å². The predicted octanol–water partition coefficient (Wildman–Crippen LogP) is 0.687. The van der Waals surface area contributed by atoms with Crippen LogP contribution in [0.1, 0.15) is 26.7 Å². The summed E-state index contributed by atoms with van der Waals surface area (Å²) in [5, 5.41) is 2.67. The Balaban J connectivity index is 1.87. The van der Waals surface area contributed by atoms with Gasteiger partial charge < -0.3 is 10.2 Å². The average molecular weight is 278 g/mol. The van der Waals surface area contributed by atoms with E-state index in [2.05, 4.69) is 5.32 Å². The first-order valence-corrected chi connectivity index (χ1v) is 7.38. The molecule has 2 heterocycles. The van der Waals surface area contributed by atoms with E-state index in [1.807, 2.05) is 18.7 Å². The van der Waals surface area contributed by atoms with Gasteiger partial charge in [0.1, 0.15) is 11.4 Å². The minimum absolute atomic E-state index is 0.0481. The number of amides is 3. The zero-order valence-electron chi connectivity index (χ0n) is 12.3. The van der Waals surface area contributed by atoms with Crippen LogP contribution >= 0.6 is 0 Å². The predicted molar refractivity (Wildman–Crippen MR) is 75.5 cm³/mol. The molecular weight excluding hydrogens is 256 g/mol. The molecular formula is C14H22N4O2. The Bertz CT molecular complexity index is 490. The van der Waals surface area contributed by atoms with Crippen molar-refractivity contribution in [1.29, 1.82) is 0 Å². The lowest BCUT2D eigenvalue weighted by atomic mass is 9.85. The quantitative estimate of drug-likeness (QED) is 0.767. The van der Waals surface area contributed by atoms with Crippen LogP contribution in [0.4, 0.5) is 4.79 Å². The summed E-state index contributed by atoms with van der Waals surface area (Å²) in [6.45, 7) is 5.96. The summed E-state index contributed by atoms with van der Waals surface area (Å²) >= 11 is 0. The molecule has 3 atom stereocenters. The molecule has 0 aromatic carbocycles. The zero-order valence-corrected chi connectivity index (χ0v) is 12.3. The molecule has 0 aromatic heterocycles. The largest absolute Gasteiger partial charge is 0.341 e. The summed E-state index contributed by atoms with van der Waals surface area (Å²) in [5.74, 6) is 1.56. The molecule has 0 bridgehead atoms. The Morgan fingerprint density at radius 1 is 1.50 bits per heavy atom. The second-order valence-corrected chi connectivity index (χ2v) is 6.00. The third-order valence-electron chi connectivity index (χ3n) is 5.14. The number of nitrogens with one attached hydrogen (secondary N) is 1. The van der Waals surface area contributed by atoms with E-state index in [9.17, 15) is 9.59 Å². The van der Waals surface area contributed by atoms with E-state index in [4.69, 9.17) is 4.99 Å². The van der Waals surface area contributed by atoms with Crippen LogP contribution in [0.2, 0.25) is 0 Å². The van der Waals surface area contributed by atoms with Gasteiger partial charge in [-0.3, -0.25) is 14.7 Å². The van der Waals surface area contributed by atoms with Crippen LogP contribution in [0.25, 0.3) is 0 Å². The lowest BCUT2D eigenvalue weighted by Gasteiger charge is -2.27. The highest BCUT2D eigenvalue weighted by molar-refractivity contribution is 6.07. The van der Waals surface area contributed by atoms with Crippen molar-refractivity contribution in [1.82, 2.24) is 15.1 Å². The summed E-state index contributed by atoms with van der Waals surface area (Å²) < 4.78 is 0. The number of urea groups is 1. The number of nitrogens with zero attached hydrogens (tertiary/aromatic N) is 3. The molecule has 2 aliphatic heterocycles. The Hall–Kier alpha value is -1.59. The molecule has 3 amide bonds. The smallest absolute Gasteiger partial charge is 0.317 e. The maximum absolute atomic E-state index is 12.8. The summed E-state index contributed by atoms with van der Waals surface area (Å²) in [7, 11) is 1.65. The first-order valence-electron chi connectivity index (χ1n) is 7.38. The van der Waals surface area contributed by atoms with E-state index in [-0.39, 0.29) is 17.9 Å². The molecule has 3 rings (SSSR count). The van der Waals surface area contributed by atoms with Crippen LogP contribution < -0.4 is 5.32 Å². The maximum Gasteiger partial charge on any atom is 0.317 e. The third-order valence-corrected chi connectivity index (χ3v) is 5.14. The number of hydrogen-bond donors (Lipinski definition) is 1. The van der Waals surface area contributed by atoms with E-state index in [1.165, 1.54) is 0 Å². The fraction of sp³-hybridized carbons (Fsp3) is 0.786. The molecule has 110 valence electrons. The van der Waals surface area contributed by atoms with Crippen molar-refractivity contribution in [2.75, 3.05) is 26.7 Å². The van der Waals surface area contributed by atoms with Gasteiger partial charge in [-0.25, -0.2) is 4.79 Å². The summed E-state index contributed by atoms with van der Waals surface area (Å²) in [4.78, 5) is 32.9. The van der Waals surface area contributed by atoms with E-state index < -0.39 is 5.54 Å². The van der Waals surface area contributed by atoms with Gasteiger partial charge in [-0.05, 0) is 32.6 Å². The number of hydrogen-bond acceptors (Lipinski definition) is 3. The molecule has 0 radical (unpaired) electrons. The van der Waals surface area contributed by atoms with Crippen molar-refractivity contribution < 1.29 is 9.59 Å². The van der Waals surface area contributed by atoms with Crippen LogP contribution in [0.5, 0.6) is 0 Å². The van der Waals surface area contributed by atoms with E-state index in [1.54, 1.807) is 11.9 Å². The molecule has 3 aliphatic rings. The number of likely N-dealkylation sites (N-methyl/N-ethyl adjacent to an activating group) is 1. The molecule has 1 spiro atoms. The second kappa shape index (κ2) is 4.46. The molecule has 0 aromatic rings. The van der Waals surface area contributed by atoms with Crippen LogP contribution in [-0.4, -0.2) is 59.8 Å². The minimum Gasteiger partial charge on any atom is -0.341 e. The topological polar surface area (TPSA) is 65.0 Å². The lowest BCUT2D eigenvalue weighted by molar-refractivity contribution is -0.132. The van der Waals surface area contributed by atoms with Crippen molar-refractivity contribution >= 4 is 17.8 Å². The Morgan fingerprint density at radius 3 is 2.85 bits per heavy atom. The van der Waals surface area contributed by atoms with E-state index in [0.29, 0.717) is 19.0 Å². The van der Waals surface area contributed by atoms with Gasteiger partial charge >= 0.3 is 6.03 Å². The van der Waals surface area contributed by atoms with Crippen LogP contribution in [-0.2, 0) is 4.79 Å². The van der Waals surface area contributed by atoms with Gasteiger partial charge in [0.05, 0.1) is 0 Å². The maximum atomic E-state index is 12.8. The van der Waals surface area contributed by atoms with Gasteiger partial charge in [0.2, 0.25) is 0 Å². The van der Waals surface area contributed by atoms with Crippen molar-refractivity contribution in [3.63, 3.8) is 0 Å². The number of fused-ring (bicyclic) bond motifs is 2. The minimum atomic E-state index is -0.590. The Labute approximate surface area is 119 Å². The van der Waals surface area contributed by atoms with Gasteiger partial charge in [-0.15, -0.1) is 0 Å². The monoisotopic (exact) mass is 278 g/mol. The fourth-order valence-electron chi connectivity index (χ4n) is 4.17. The number of likely N-dealkylation sites (tertiary alicyclic amines) is 1. The van der Waals surface area contributed by atoms with Crippen molar-refractivity contribution in [2.45, 2.75) is 32.2 Å². The van der Waals surface area contributed by atoms with Gasteiger partial charge in [-0.2, -0.15) is 0 Å². The highest BCUT2D eigenvalue weighted by Crippen LogP contribution is 2.50. The fourth-order valence-corrected chi connectivity index (χ4v) is 4.17. The second-order valence-electron chi connectivity index (χ2n) is 6.00. The number of carbonyl (C=O) groups is 2. The summed E-state index contributed by atoms with van der Waals surface area (Å²) in [6, 6.07) is -0.0481. The van der Waals surface area contributed by atoms with Gasteiger partial charge in [0, 0.05) is 32.6 Å². The first-order chi connectivity index (χ1) is 9.53. The number of carbonyl (C=O) groups excluding carboxylic acids is 2. The SMILES string of the molecule is CCN1C(=O)[C@]2(CC[C@@H]3CN(C(=O)NC)C[C@@H]32)N=C1C. The van der Waals surface area contributed by atoms with E-state index >= 15 is 0 Å². The first kappa shape index (κ1) is 13.4. The molecule has 6 nitrogen and oxygen atoms in total. The highest BCUT2D eigenvalue weighted by atomic mass is 16.2. The Kier molecular flexibility index (Phi) is 2.99. The van der Waals surface area contributed by atoms with Crippen molar-refractivity contribution in [2.24, 2.45) is 16.8 Å².